The van der Waals surface area contributed by atoms with Gasteiger partial charge in [-0.15, -0.1) is 11.8 Å². The van der Waals surface area contributed by atoms with Gasteiger partial charge in [-0.2, -0.15) is 0 Å². The van der Waals surface area contributed by atoms with Crippen LogP contribution in [0.15, 0.2) is 35.2 Å². The molecule has 0 aromatic heterocycles. The Morgan fingerprint density at radius 2 is 1.95 bits per heavy atom. The molecule has 0 aliphatic carbocycles. The third-order valence-corrected chi connectivity index (χ3v) is 4.25. The van der Waals surface area contributed by atoms with E-state index < -0.39 is 5.54 Å². The number of thioether (sulfide) groups is 1. The van der Waals surface area contributed by atoms with Gasteiger partial charge in [0.15, 0.2) is 0 Å². The first kappa shape index (κ1) is 14.9. The minimum atomic E-state index is -0.801. The Kier molecular flexibility index (Phi) is 4.70. The zero-order valence-electron chi connectivity index (χ0n) is 11.9. The minimum Gasteiger partial charge on any atom is -0.342 e. The lowest BCUT2D eigenvalue weighted by Crippen LogP contribution is -2.53. The molecule has 0 saturated carbocycles. The number of carbonyl (C=O) groups excluding carboxylic acids is 2. The topological polar surface area (TPSA) is 49.4 Å². The molecule has 1 aliphatic heterocycles. The van der Waals surface area contributed by atoms with Crippen LogP contribution in [-0.2, 0) is 9.59 Å². The van der Waals surface area contributed by atoms with Gasteiger partial charge in [0.05, 0.1) is 0 Å². The highest BCUT2D eigenvalue weighted by Crippen LogP contribution is 2.19. The molecule has 20 heavy (non-hydrogen) atoms. The second-order valence-corrected chi connectivity index (χ2v) is 6.55. The summed E-state index contributed by atoms with van der Waals surface area (Å²) >= 11 is 1.72. The molecule has 1 fully saturated rings. The molecule has 0 atom stereocenters. The predicted octanol–water partition coefficient (Wildman–Crippen LogP) is 1.91. The van der Waals surface area contributed by atoms with E-state index in [0.717, 1.165) is 5.75 Å². The molecule has 1 aliphatic rings. The highest BCUT2D eigenvalue weighted by molar-refractivity contribution is 7.99. The largest absolute Gasteiger partial charge is 0.342 e. The maximum Gasteiger partial charge on any atom is 0.247 e. The van der Waals surface area contributed by atoms with Crippen molar-refractivity contribution in [2.24, 2.45) is 0 Å². The van der Waals surface area contributed by atoms with Gasteiger partial charge in [-0.25, -0.2) is 0 Å². The van der Waals surface area contributed by atoms with Crippen LogP contribution in [0, 0.1) is 0 Å². The van der Waals surface area contributed by atoms with Gasteiger partial charge >= 0.3 is 0 Å². The fourth-order valence-electron chi connectivity index (χ4n) is 2.20. The van der Waals surface area contributed by atoms with Gasteiger partial charge in [-0.3, -0.25) is 9.59 Å². The van der Waals surface area contributed by atoms with Gasteiger partial charge in [0.2, 0.25) is 11.8 Å². The quantitative estimate of drug-likeness (QED) is 0.862. The summed E-state index contributed by atoms with van der Waals surface area (Å²) in [4.78, 5) is 26.9. The van der Waals surface area contributed by atoms with Crippen LogP contribution in [-0.4, -0.2) is 41.1 Å². The van der Waals surface area contributed by atoms with Crippen LogP contribution in [0.2, 0.25) is 0 Å². The summed E-state index contributed by atoms with van der Waals surface area (Å²) in [5.74, 6) is 0.776. The molecule has 1 aromatic rings. The minimum absolute atomic E-state index is 0.00277. The molecular formula is C15H20N2O2S. The van der Waals surface area contributed by atoms with E-state index in [1.165, 1.54) is 4.90 Å². The number of carbonyl (C=O) groups is 2. The van der Waals surface area contributed by atoms with Crippen LogP contribution in [0.25, 0.3) is 0 Å². The number of hydrogen-bond acceptors (Lipinski definition) is 3. The van der Waals surface area contributed by atoms with E-state index in [9.17, 15) is 9.59 Å². The third kappa shape index (κ3) is 3.76. The summed E-state index contributed by atoms with van der Waals surface area (Å²) < 4.78 is 0. The van der Waals surface area contributed by atoms with Crippen molar-refractivity contribution < 1.29 is 9.59 Å². The second-order valence-electron chi connectivity index (χ2n) is 5.38. The molecule has 2 amide bonds. The van der Waals surface area contributed by atoms with Crippen LogP contribution in [0.4, 0.5) is 0 Å². The van der Waals surface area contributed by atoms with E-state index in [1.807, 2.05) is 18.2 Å². The Balaban J connectivity index is 1.91. The summed E-state index contributed by atoms with van der Waals surface area (Å²) in [6.45, 7) is 4.69. The molecule has 1 saturated heterocycles. The van der Waals surface area contributed by atoms with Crippen molar-refractivity contribution >= 4 is 23.6 Å². The van der Waals surface area contributed by atoms with Crippen molar-refractivity contribution in [3.05, 3.63) is 30.3 Å². The number of amides is 2. The third-order valence-electron chi connectivity index (χ3n) is 3.26. The summed E-state index contributed by atoms with van der Waals surface area (Å²) in [7, 11) is 0. The highest BCUT2D eigenvalue weighted by Gasteiger charge is 2.36. The standard InChI is InChI=1S/C15H20N2O2S/c1-15(2)14(19)17(9-8-13(18)16-15)10-11-20-12-6-4-3-5-7-12/h3-7H,8-11H2,1-2H3,(H,16,18). The van der Waals surface area contributed by atoms with E-state index in [2.05, 4.69) is 17.4 Å². The molecule has 0 spiro atoms. The predicted molar refractivity (Wildman–Crippen MR) is 80.6 cm³/mol. The SMILES string of the molecule is CC1(C)NC(=O)CCN(CCSc2ccccc2)C1=O. The second kappa shape index (κ2) is 6.31. The average Bonchev–Trinajstić information content (AvgIpc) is 2.50. The van der Waals surface area contributed by atoms with Gasteiger partial charge in [0.1, 0.15) is 5.54 Å². The summed E-state index contributed by atoms with van der Waals surface area (Å²) in [6, 6.07) is 10.1. The first-order chi connectivity index (χ1) is 9.49. The van der Waals surface area contributed by atoms with Gasteiger partial charge in [0, 0.05) is 30.2 Å². The van der Waals surface area contributed by atoms with Gasteiger partial charge in [-0.1, -0.05) is 18.2 Å². The fourth-order valence-corrected chi connectivity index (χ4v) is 3.10. The molecule has 0 bridgehead atoms. The fraction of sp³-hybridized carbons (Fsp3) is 0.467. The molecule has 4 nitrogen and oxygen atoms in total. The monoisotopic (exact) mass is 292 g/mol. The van der Waals surface area contributed by atoms with E-state index in [1.54, 1.807) is 30.5 Å². The number of nitrogens with one attached hydrogen (secondary N) is 1. The van der Waals surface area contributed by atoms with Crippen LogP contribution in [0.5, 0.6) is 0 Å². The highest BCUT2D eigenvalue weighted by atomic mass is 32.2. The first-order valence-electron chi connectivity index (χ1n) is 6.77. The molecule has 0 unspecified atom stereocenters. The zero-order chi connectivity index (χ0) is 14.6. The van der Waals surface area contributed by atoms with Crippen LogP contribution < -0.4 is 5.32 Å². The Morgan fingerprint density at radius 1 is 1.25 bits per heavy atom. The van der Waals surface area contributed by atoms with E-state index in [-0.39, 0.29) is 11.8 Å². The van der Waals surface area contributed by atoms with Gasteiger partial charge in [0.25, 0.3) is 0 Å². The zero-order valence-corrected chi connectivity index (χ0v) is 12.7. The van der Waals surface area contributed by atoms with Crippen molar-refractivity contribution in [2.75, 3.05) is 18.8 Å². The van der Waals surface area contributed by atoms with E-state index in [4.69, 9.17) is 0 Å². The molecule has 1 heterocycles. The molecular weight excluding hydrogens is 272 g/mol. The maximum absolute atomic E-state index is 12.4. The summed E-state index contributed by atoms with van der Waals surface area (Å²) in [6.07, 6.45) is 0.380. The molecule has 5 heteroatoms. The van der Waals surface area contributed by atoms with Gasteiger partial charge in [-0.05, 0) is 26.0 Å². The Labute approximate surface area is 123 Å². The molecule has 2 rings (SSSR count). The summed E-state index contributed by atoms with van der Waals surface area (Å²) in [5.41, 5.74) is -0.801. The molecule has 0 radical (unpaired) electrons. The van der Waals surface area contributed by atoms with E-state index >= 15 is 0 Å². The van der Waals surface area contributed by atoms with Crippen LogP contribution >= 0.6 is 11.8 Å². The van der Waals surface area contributed by atoms with Crippen molar-refractivity contribution in [1.82, 2.24) is 10.2 Å². The van der Waals surface area contributed by atoms with E-state index in [0.29, 0.717) is 19.5 Å². The lowest BCUT2D eigenvalue weighted by atomic mass is 10.0. The number of hydrogen-bond donors (Lipinski definition) is 1. The number of nitrogens with zero attached hydrogens (tertiary/aromatic N) is 1. The lowest BCUT2D eigenvalue weighted by molar-refractivity contribution is -0.137. The van der Waals surface area contributed by atoms with Crippen LogP contribution in [0.1, 0.15) is 20.3 Å². The first-order valence-corrected chi connectivity index (χ1v) is 7.76. The van der Waals surface area contributed by atoms with Gasteiger partial charge < -0.3 is 10.2 Å². The van der Waals surface area contributed by atoms with Crippen molar-refractivity contribution in [3.63, 3.8) is 0 Å². The Bertz CT molecular complexity index is 488. The Morgan fingerprint density at radius 3 is 2.65 bits per heavy atom. The molecule has 108 valence electrons. The molecule has 1 aromatic carbocycles. The lowest BCUT2D eigenvalue weighted by Gasteiger charge is -2.28. The van der Waals surface area contributed by atoms with Crippen molar-refractivity contribution in [3.8, 4) is 0 Å². The smallest absolute Gasteiger partial charge is 0.247 e. The maximum atomic E-state index is 12.4. The molecule has 1 N–H and O–H groups in total. The summed E-state index contributed by atoms with van der Waals surface area (Å²) in [5, 5.41) is 2.77. The van der Waals surface area contributed by atoms with Crippen molar-refractivity contribution in [2.45, 2.75) is 30.7 Å². The Hall–Kier alpha value is -1.49. The normalized spacial score (nSPS) is 18.6. The average molecular weight is 292 g/mol. The van der Waals surface area contributed by atoms with Crippen LogP contribution in [0.3, 0.4) is 0 Å². The number of benzene rings is 1. The van der Waals surface area contributed by atoms with Crippen molar-refractivity contribution in [1.29, 1.82) is 0 Å². The number of rotatable bonds is 4.